The number of carbonyl (C=O) groups is 1. The quantitative estimate of drug-likeness (QED) is 0.618. The maximum Gasteiger partial charge on any atom is 0.339 e. The zero-order chi connectivity index (χ0) is 21.3. The Kier molecular flexibility index (Phi) is 5.44. The summed E-state index contributed by atoms with van der Waals surface area (Å²) in [6.45, 7) is 6.03. The normalized spacial score (nSPS) is 14.2. The first-order chi connectivity index (χ1) is 14.4. The average molecular weight is 410 g/mol. The van der Waals surface area contributed by atoms with Crippen molar-refractivity contribution in [1.29, 1.82) is 0 Å². The molecule has 0 radical (unpaired) electrons. The first kappa shape index (κ1) is 19.9. The van der Waals surface area contributed by atoms with Gasteiger partial charge < -0.3 is 19.0 Å². The highest BCUT2D eigenvalue weighted by Gasteiger charge is 2.21. The fourth-order valence-electron chi connectivity index (χ4n) is 3.62. The second kappa shape index (κ2) is 8.18. The van der Waals surface area contributed by atoms with Crippen LogP contribution >= 0.6 is 0 Å². The lowest BCUT2D eigenvalue weighted by Gasteiger charge is -2.36. The lowest BCUT2D eigenvalue weighted by molar-refractivity contribution is -0.133. The minimum atomic E-state index is -0.368. The van der Waals surface area contributed by atoms with Crippen LogP contribution in [0.25, 0.3) is 11.0 Å². The molecule has 1 amide bonds. The van der Waals surface area contributed by atoms with Crippen molar-refractivity contribution in [3.8, 4) is 5.75 Å². The lowest BCUT2D eigenvalue weighted by atomic mass is 10.1. The maximum atomic E-state index is 13.1. The van der Waals surface area contributed by atoms with Gasteiger partial charge in [0.2, 0.25) is 0 Å². The zero-order valence-corrected chi connectivity index (χ0v) is 17.0. The highest BCUT2D eigenvalue weighted by atomic mass is 19.1. The van der Waals surface area contributed by atoms with E-state index in [-0.39, 0.29) is 24.0 Å². The number of hydrogen-bond donors (Lipinski definition) is 0. The topological polar surface area (TPSA) is 63.0 Å². The first-order valence-corrected chi connectivity index (χ1v) is 9.87. The Labute approximate surface area is 173 Å². The number of carbonyl (C=O) groups excluding carboxylic acids is 1. The number of rotatable bonds is 4. The molecular formula is C23H23FN2O4. The van der Waals surface area contributed by atoms with Gasteiger partial charge in [0.1, 0.15) is 17.1 Å². The number of piperazine rings is 1. The van der Waals surface area contributed by atoms with Gasteiger partial charge in [-0.15, -0.1) is 0 Å². The summed E-state index contributed by atoms with van der Waals surface area (Å²) >= 11 is 0. The van der Waals surface area contributed by atoms with Crippen LogP contribution in [0.5, 0.6) is 5.75 Å². The Balaban J connectivity index is 1.35. The summed E-state index contributed by atoms with van der Waals surface area (Å²) in [5, 5.41) is 0.850. The van der Waals surface area contributed by atoms with Crippen molar-refractivity contribution in [3.05, 3.63) is 69.8 Å². The molecule has 0 unspecified atom stereocenters. The summed E-state index contributed by atoms with van der Waals surface area (Å²) in [5.74, 6) is 0.116. The molecule has 0 spiro atoms. The van der Waals surface area contributed by atoms with E-state index >= 15 is 0 Å². The number of benzene rings is 2. The Morgan fingerprint density at radius 2 is 1.73 bits per heavy atom. The van der Waals surface area contributed by atoms with Crippen LogP contribution in [0, 0.1) is 19.7 Å². The Bertz CT molecular complexity index is 1130. The summed E-state index contributed by atoms with van der Waals surface area (Å²) < 4.78 is 24.1. The van der Waals surface area contributed by atoms with Crippen LogP contribution in [0.15, 0.2) is 51.7 Å². The van der Waals surface area contributed by atoms with Crippen molar-refractivity contribution in [1.82, 2.24) is 4.90 Å². The zero-order valence-electron chi connectivity index (χ0n) is 17.0. The van der Waals surface area contributed by atoms with Gasteiger partial charge in [-0.05, 0) is 55.8 Å². The second-order valence-electron chi connectivity index (χ2n) is 7.43. The Hall–Kier alpha value is -3.35. The van der Waals surface area contributed by atoms with Crippen LogP contribution in [0.3, 0.4) is 0 Å². The fourth-order valence-corrected chi connectivity index (χ4v) is 3.62. The number of anilines is 1. The maximum absolute atomic E-state index is 13.1. The molecular weight excluding hydrogens is 387 g/mol. The van der Waals surface area contributed by atoms with Crippen LogP contribution in [0.1, 0.15) is 11.1 Å². The molecule has 156 valence electrons. The highest BCUT2D eigenvalue weighted by Crippen LogP contribution is 2.24. The van der Waals surface area contributed by atoms with Crippen LogP contribution in [0.4, 0.5) is 10.1 Å². The first-order valence-electron chi connectivity index (χ1n) is 9.87. The number of hydrogen-bond acceptors (Lipinski definition) is 5. The third-order valence-corrected chi connectivity index (χ3v) is 5.61. The minimum Gasteiger partial charge on any atom is -0.484 e. The largest absolute Gasteiger partial charge is 0.484 e. The van der Waals surface area contributed by atoms with Gasteiger partial charge in [-0.25, -0.2) is 9.18 Å². The average Bonchev–Trinajstić information content (AvgIpc) is 2.76. The molecule has 0 N–H and O–H groups in total. The van der Waals surface area contributed by atoms with Gasteiger partial charge in [0.15, 0.2) is 6.61 Å². The van der Waals surface area contributed by atoms with E-state index in [0.29, 0.717) is 43.1 Å². The van der Waals surface area contributed by atoms with Gasteiger partial charge >= 0.3 is 5.63 Å². The van der Waals surface area contributed by atoms with E-state index in [2.05, 4.69) is 4.90 Å². The number of aryl methyl sites for hydroxylation is 1. The van der Waals surface area contributed by atoms with E-state index in [1.54, 1.807) is 36.1 Å². The van der Waals surface area contributed by atoms with Crippen molar-refractivity contribution in [2.24, 2.45) is 0 Å². The highest BCUT2D eigenvalue weighted by molar-refractivity contribution is 5.82. The van der Waals surface area contributed by atoms with Gasteiger partial charge in [0, 0.05) is 48.9 Å². The van der Waals surface area contributed by atoms with Gasteiger partial charge in [0.25, 0.3) is 5.91 Å². The molecule has 2 heterocycles. The van der Waals surface area contributed by atoms with Crippen LogP contribution < -0.4 is 15.3 Å². The Morgan fingerprint density at radius 3 is 2.43 bits per heavy atom. The predicted octanol–water partition coefficient (Wildman–Crippen LogP) is 3.28. The third kappa shape index (κ3) is 4.01. The minimum absolute atomic E-state index is 0.0862. The van der Waals surface area contributed by atoms with Crippen molar-refractivity contribution in [2.75, 3.05) is 37.7 Å². The van der Waals surface area contributed by atoms with E-state index in [9.17, 15) is 14.0 Å². The number of nitrogens with zero attached hydrogens (tertiary/aromatic N) is 2. The van der Waals surface area contributed by atoms with E-state index < -0.39 is 0 Å². The molecule has 6 nitrogen and oxygen atoms in total. The molecule has 1 aliphatic rings. The molecule has 0 atom stereocenters. The van der Waals surface area contributed by atoms with Crippen LogP contribution in [-0.2, 0) is 4.79 Å². The number of amides is 1. The Morgan fingerprint density at radius 1 is 1.03 bits per heavy atom. The van der Waals surface area contributed by atoms with Gasteiger partial charge in [-0.1, -0.05) is 0 Å². The van der Waals surface area contributed by atoms with Crippen molar-refractivity contribution >= 4 is 22.6 Å². The SMILES string of the molecule is Cc1c(C)c2ccc(OCC(=O)N3CCN(c4ccc(F)cc4)CC3)cc2oc1=O. The van der Waals surface area contributed by atoms with Crippen LogP contribution in [-0.4, -0.2) is 43.6 Å². The van der Waals surface area contributed by atoms with Crippen molar-refractivity contribution < 1.29 is 18.3 Å². The summed E-state index contributed by atoms with van der Waals surface area (Å²) in [6, 6.07) is 11.6. The van der Waals surface area contributed by atoms with E-state index in [0.717, 1.165) is 16.6 Å². The van der Waals surface area contributed by atoms with Gasteiger partial charge in [-0.3, -0.25) is 4.79 Å². The molecule has 2 aromatic carbocycles. The molecule has 1 aromatic heterocycles. The van der Waals surface area contributed by atoms with E-state index in [1.807, 2.05) is 13.0 Å². The molecule has 1 saturated heterocycles. The van der Waals surface area contributed by atoms with Crippen LogP contribution in [0.2, 0.25) is 0 Å². The summed E-state index contributed by atoms with van der Waals surface area (Å²) in [6.07, 6.45) is 0. The second-order valence-corrected chi connectivity index (χ2v) is 7.43. The fraction of sp³-hybridized carbons (Fsp3) is 0.304. The summed E-state index contributed by atoms with van der Waals surface area (Å²) in [7, 11) is 0. The molecule has 0 aliphatic carbocycles. The van der Waals surface area contributed by atoms with E-state index in [4.69, 9.17) is 9.15 Å². The smallest absolute Gasteiger partial charge is 0.339 e. The molecule has 3 aromatic rings. The van der Waals surface area contributed by atoms with Gasteiger partial charge in [0.05, 0.1) is 0 Å². The summed E-state index contributed by atoms with van der Waals surface area (Å²) in [4.78, 5) is 28.3. The monoisotopic (exact) mass is 410 g/mol. The lowest BCUT2D eigenvalue weighted by Crippen LogP contribution is -2.50. The molecule has 4 rings (SSSR count). The number of ether oxygens (including phenoxy) is 1. The predicted molar refractivity (Wildman–Crippen MR) is 113 cm³/mol. The number of halogens is 1. The molecule has 0 bridgehead atoms. The van der Waals surface area contributed by atoms with E-state index in [1.165, 1.54) is 12.1 Å². The molecule has 7 heteroatoms. The standard InChI is InChI=1S/C23H23FN2O4/c1-15-16(2)23(28)30-21-13-19(7-8-20(15)21)29-14-22(27)26-11-9-25(10-12-26)18-5-3-17(24)4-6-18/h3-8,13H,9-12,14H2,1-2H3. The third-order valence-electron chi connectivity index (χ3n) is 5.61. The van der Waals surface area contributed by atoms with Crippen molar-refractivity contribution in [3.63, 3.8) is 0 Å². The number of fused-ring (bicyclic) bond motifs is 1. The summed E-state index contributed by atoms with van der Waals surface area (Å²) in [5.41, 5.74) is 2.49. The van der Waals surface area contributed by atoms with Gasteiger partial charge in [-0.2, -0.15) is 0 Å². The molecule has 0 saturated carbocycles. The molecule has 1 aliphatic heterocycles. The molecule has 30 heavy (non-hydrogen) atoms. The van der Waals surface area contributed by atoms with Crippen molar-refractivity contribution in [2.45, 2.75) is 13.8 Å². The molecule has 1 fully saturated rings.